The Morgan fingerprint density at radius 3 is 2.43 bits per heavy atom. The van der Waals surface area contributed by atoms with Gasteiger partial charge in [-0.05, 0) is 42.0 Å². The summed E-state index contributed by atoms with van der Waals surface area (Å²) in [5.74, 6) is -7.03. The summed E-state index contributed by atoms with van der Waals surface area (Å²) in [6.45, 7) is 0.394. The topological polar surface area (TPSA) is 75.7 Å². The number of sulfonamides is 1. The van der Waals surface area contributed by atoms with E-state index in [4.69, 9.17) is 4.74 Å². The molecule has 5 rings (SSSR count). The number of carbonyl (C=O) groups is 1. The molecule has 0 aromatic heterocycles. The molecule has 0 radical (unpaired) electrons. The van der Waals surface area contributed by atoms with Crippen LogP contribution in [0.4, 0.5) is 22.0 Å². The van der Waals surface area contributed by atoms with Gasteiger partial charge < -0.3 is 9.64 Å². The third-order valence-electron chi connectivity index (χ3n) is 6.84. The summed E-state index contributed by atoms with van der Waals surface area (Å²) in [5.41, 5.74) is -0.0807. The van der Waals surface area contributed by atoms with Gasteiger partial charge in [0.15, 0.2) is 0 Å². The van der Waals surface area contributed by atoms with Crippen LogP contribution in [0, 0.1) is 23.4 Å². The molecule has 5 atom stereocenters. The number of amides is 1. The standard InChI is InChI=1S/C23H21F5N2O4S/c24-13-6-12(7-14(25)9-13)15-3-1-2-11(20(15)26)8-18-21(29-35(32,33)23(27)28)16-10-17(16)30(18)22(31)19-4-5-34-19/h1-3,6-7,9,16-19,21,23,29H,4-5,8,10H2/t16-,17+,18+,19+,21+/m0/s1. The molecule has 3 fully saturated rings. The van der Waals surface area contributed by atoms with E-state index in [0.717, 1.165) is 12.1 Å². The first-order valence-electron chi connectivity index (χ1n) is 11.0. The number of nitrogens with zero attached hydrogens (tertiary/aromatic N) is 1. The number of nitrogens with one attached hydrogen (secondary N) is 1. The lowest BCUT2D eigenvalue weighted by Gasteiger charge is -2.36. The first-order chi connectivity index (χ1) is 16.6. The zero-order valence-corrected chi connectivity index (χ0v) is 19.0. The molecule has 2 heterocycles. The van der Waals surface area contributed by atoms with Gasteiger partial charge in [-0.1, -0.05) is 18.2 Å². The summed E-state index contributed by atoms with van der Waals surface area (Å²) in [4.78, 5) is 14.5. The predicted octanol–water partition coefficient (Wildman–Crippen LogP) is 3.21. The van der Waals surface area contributed by atoms with Gasteiger partial charge in [-0.15, -0.1) is 0 Å². The minimum Gasteiger partial charge on any atom is -0.368 e. The number of carbonyl (C=O) groups excluding carboxylic acids is 1. The van der Waals surface area contributed by atoms with Gasteiger partial charge in [0.25, 0.3) is 15.9 Å². The number of likely N-dealkylation sites (tertiary alicyclic amines) is 1. The summed E-state index contributed by atoms with van der Waals surface area (Å²) in [6, 6.07) is 4.44. The largest absolute Gasteiger partial charge is 0.368 e. The SMILES string of the molecule is O=C([C@H]1CCO1)N1[C@@H]2C[C@@H]2[C@@H](NS(=O)(=O)C(F)F)[C@H]1Cc1cccc(-c2cc(F)cc(F)c2)c1F. The Bertz CT molecular complexity index is 1250. The van der Waals surface area contributed by atoms with Crippen LogP contribution in [0.25, 0.3) is 11.1 Å². The number of halogens is 5. The Labute approximate surface area is 198 Å². The second-order valence-electron chi connectivity index (χ2n) is 9.02. The molecule has 0 bridgehead atoms. The smallest absolute Gasteiger partial charge is 0.350 e. The van der Waals surface area contributed by atoms with Crippen molar-refractivity contribution in [2.45, 2.75) is 49.2 Å². The fraction of sp³-hybridized carbons (Fsp3) is 0.435. The Hall–Kier alpha value is -2.57. The number of hydrogen-bond donors (Lipinski definition) is 1. The van der Waals surface area contributed by atoms with Crippen LogP contribution >= 0.6 is 0 Å². The maximum Gasteiger partial charge on any atom is 0.350 e. The maximum absolute atomic E-state index is 15.5. The highest BCUT2D eigenvalue weighted by Crippen LogP contribution is 2.50. The van der Waals surface area contributed by atoms with E-state index in [1.54, 1.807) is 0 Å². The number of rotatable bonds is 7. The second kappa shape index (κ2) is 8.82. The summed E-state index contributed by atoms with van der Waals surface area (Å²) in [5, 5.41) is 0. The molecular formula is C23H21F5N2O4S. The number of ether oxygens (including phenoxy) is 1. The summed E-state index contributed by atoms with van der Waals surface area (Å²) < 4.78 is 100. The zero-order valence-electron chi connectivity index (χ0n) is 18.1. The second-order valence-corrected chi connectivity index (χ2v) is 10.7. The molecule has 1 aliphatic carbocycles. The number of hydrogen-bond acceptors (Lipinski definition) is 4. The van der Waals surface area contributed by atoms with Crippen molar-refractivity contribution in [2.24, 2.45) is 5.92 Å². The van der Waals surface area contributed by atoms with Crippen LogP contribution in [-0.2, 0) is 26.0 Å². The summed E-state index contributed by atoms with van der Waals surface area (Å²) in [6.07, 6.45) is -0.00632. The van der Waals surface area contributed by atoms with Crippen LogP contribution in [0.1, 0.15) is 18.4 Å². The van der Waals surface area contributed by atoms with Gasteiger partial charge in [0.05, 0.1) is 12.6 Å². The molecule has 0 unspecified atom stereocenters. The molecule has 12 heteroatoms. The average Bonchev–Trinajstić information content (AvgIpc) is 3.45. The van der Waals surface area contributed by atoms with E-state index >= 15 is 4.39 Å². The normalized spacial score (nSPS) is 27.6. The van der Waals surface area contributed by atoms with Crippen molar-refractivity contribution < 1.29 is 39.9 Å². The number of benzene rings is 2. The van der Waals surface area contributed by atoms with Gasteiger partial charge in [-0.25, -0.2) is 26.3 Å². The fourth-order valence-electron chi connectivity index (χ4n) is 5.06. The molecule has 3 aliphatic rings. The average molecular weight is 516 g/mol. The van der Waals surface area contributed by atoms with Crippen LogP contribution in [0.15, 0.2) is 36.4 Å². The van der Waals surface area contributed by atoms with Gasteiger partial charge in [0, 0.05) is 30.1 Å². The van der Waals surface area contributed by atoms with Gasteiger partial charge in [0.2, 0.25) is 0 Å². The minimum atomic E-state index is -4.97. The molecule has 2 aromatic rings. The van der Waals surface area contributed by atoms with Crippen molar-refractivity contribution in [3.05, 3.63) is 59.4 Å². The third-order valence-corrected chi connectivity index (χ3v) is 7.91. The van der Waals surface area contributed by atoms with E-state index in [1.807, 2.05) is 4.72 Å². The first-order valence-corrected chi connectivity index (χ1v) is 12.6. The fourth-order valence-corrected chi connectivity index (χ4v) is 5.88. The van der Waals surface area contributed by atoms with Gasteiger partial charge >= 0.3 is 5.76 Å². The lowest BCUT2D eigenvalue weighted by atomic mass is 9.94. The molecule has 0 spiro atoms. The third kappa shape index (κ3) is 4.43. The van der Waals surface area contributed by atoms with Crippen molar-refractivity contribution in [1.82, 2.24) is 9.62 Å². The molecular weight excluding hydrogens is 495 g/mol. The van der Waals surface area contributed by atoms with Gasteiger partial charge in [0.1, 0.15) is 23.6 Å². The maximum atomic E-state index is 15.5. The van der Waals surface area contributed by atoms with Crippen LogP contribution < -0.4 is 4.72 Å². The summed E-state index contributed by atoms with van der Waals surface area (Å²) in [7, 11) is -4.97. The monoisotopic (exact) mass is 516 g/mol. The van der Waals surface area contributed by atoms with Gasteiger partial charge in [-0.3, -0.25) is 4.79 Å². The highest BCUT2D eigenvalue weighted by Gasteiger charge is 2.62. The lowest BCUT2D eigenvalue weighted by Crippen LogP contribution is -2.55. The van der Waals surface area contributed by atoms with Crippen molar-refractivity contribution in [3.63, 3.8) is 0 Å². The lowest BCUT2D eigenvalue weighted by molar-refractivity contribution is -0.158. The van der Waals surface area contributed by atoms with Crippen molar-refractivity contribution in [2.75, 3.05) is 6.61 Å². The minimum absolute atomic E-state index is 0.0399. The van der Waals surface area contributed by atoms with E-state index in [1.165, 1.54) is 23.1 Å². The van der Waals surface area contributed by atoms with Gasteiger partial charge in [-0.2, -0.15) is 8.78 Å². The molecule has 35 heavy (non-hydrogen) atoms. The molecule has 188 valence electrons. The highest BCUT2D eigenvalue weighted by molar-refractivity contribution is 7.89. The van der Waals surface area contributed by atoms with Crippen molar-refractivity contribution >= 4 is 15.9 Å². The Morgan fingerprint density at radius 2 is 1.83 bits per heavy atom. The van der Waals surface area contributed by atoms with Crippen molar-refractivity contribution in [3.8, 4) is 11.1 Å². The van der Waals surface area contributed by atoms with Crippen LogP contribution in [0.5, 0.6) is 0 Å². The number of fused-ring (bicyclic) bond motifs is 1. The molecule has 6 nitrogen and oxygen atoms in total. The van der Waals surface area contributed by atoms with Crippen LogP contribution in [0.3, 0.4) is 0 Å². The summed E-state index contributed by atoms with van der Waals surface area (Å²) >= 11 is 0. The van der Waals surface area contributed by atoms with E-state index in [0.29, 0.717) is 25.5 Å². The molecule has 1 N–H and O–H groups in total. The van der Waals surface area contributed by atoms with E-state index in [9.17, 15) is 30.8 Å². The predicted molar refractivity (Wildman–Crippen MR) is 114 cm³/mol. The molecule has 2 aromatic carbocycles. The molecule has 2 aliphatic heterocycles. The number of alkyl halides is 2. The molecule has 2 saturated heterocycles. The quantitative estimate of drug-likeness (QED) is 0.574. The molecule has 1 amide bonds. The van der Waals surface area contributed by atoms with E-state index < -0.39 is 57.3 Å². The number of piperidine rings is 1. The highest BCUT2D eigenvalue weighted by atomic mass is 32.2. The van der Waals surface area contributed by atoms with Crippen LogP contribution in [-0.4, -0.2) is 55.8 Å². The van der Waals surface area contributed by atoms with E-state index in [-0.39, 0.29) is 35.1 Å². The van der Waals surface area contributed by atoms with Crippen LogP contribution in [0.2, 0.25) is 0 Å². The van der Waals surface area contributed by atoms with Crippen molar-refractivity contribution in [1.29, 1.82) is 0 Å². The van der Waals surface area contributed by atoms with E-state index in [2.05, 4.69) is 0 Å². The Kier molecular flexibility index (Phi) is 6.09. The molecule has 1 saturated carbocycles. The first kappa shape index (κ1) is 24.1. The Balaban J connectivity index is 1.49. The Morgan fingerprint density at radius 1 is 1.14 bits per heavy atom. The zero-order chi connectivity index (χ0) is 25.1.